The first-order valence-electron chi connectivity index (χ1n) is 5.81. The summed E-state index contributed by atoms with van der Waals surface area (Å²) in [7, 11) is -2.05. The molecular weight excluding hydrogens is 294 g/mol. The molecule has 2 aromatic rings. The van der Waals surface area contributed by atoms with Crippen molar-refractivity contribution < 1.29 is 8.42 Å². The fourth-order valence-electron chi connectivity index (χ4n) is 1.68. The van der Waals surface area contributed by atoms with Gasteiger partial charge in [-0.2, -0.15) is 9.57 Å². The van der Waals surface area contributed by atoms with Crippen molar-refractivity contribution in [1.82, 2.24) is 9.29 Å². The van der Waals surface area contributed by atoms with Gasteiger partial charge in [0, 0.05) is 12.4 Å². The summed E-state index contributed by atoms with van der Waals surface area (Å²) in [6.45, 7) is 2.11. The van der Waals surface area contributed by atoms with Crippen molar-refractivity contribution in [2.24, 2.45) is 0 Å². The summed E-state index contributed by atoms with van der Waals surface area (Å²) in [6.07, 6.45) is 0. The molecule has 1 heterocycles. The molecule has 0 aliphatic carbocycles. The van der Waals surface area contributed by atoms with Gasteiger partial charge in [-0.3, -0.25) is 0 Å². The SMILES string of the molecule is Cc1nc(CN(C)S(=O)(=O)c2ccc(C#N)cc2)cs1. The number of aryl methyl sites for hydroxylation is 1. The van der Waals surface area contributed by atoms with Crippen LogP contribution in [0.25, 0.3) is 0 Å². The lowest BCUT2D eigenvalue weighted by Crippen LogP contribution is -2.26. The zero-order valence-corrected chi connectivity index (χ0v) is 12.7. The van der Waals surface area contributed by atoms with Crippen LogP contribution in [0.5, 0.6) is 0 Å². The third-order valence-corrected chi connectivity index (χ3v) is 5.38. The zero-order chi connectivity index (χ0) is 14.8. The van der Waals surface area contributed by atoms with Crippen LogP contribution < -0.4 is 0 Å². The highest BCUT2D eigenvalue weighted by molar-refractivity contribution is 7.89. The minimum atomic E-state index is -3.56. The Morgan fingerprint density at radius 1 is 1.35 bits per heavy atom. The molecule has 0 saturated carbocycles. The van der Waals surface area contributed by atoms with E-state index in [1.54, 1.807) is 0 Å². The molecule has 0 aliphatic heterocycles. The predicted octanol–water partition coefficient (Wildman–Crippen LogP) is 2.14. The van der Waals surface area contributed by atoms with E-state index in [1.807, 2.05) is 18.4 Å². The van der Waals surface area contributed by atoms with Crippen molar-refractivity contribution in [2.75, 3.05) is 7.05 Å². The molecule has 104 valence electrons. The summed E-state index contributed by atoms with van der Waals surface area (Å²) in [5, 5.41) is 11.5. The van der Waals surface area contributed by atoms with E-state index in [2.05, 4.69) is 4.98 Å². The van der Waals surface area contributed by atoms with Gasteiger partial charge in [-0.15, -0.1) is 11.3 Å². The quantitative estimate of drug-likeness (QED) is 0.867. The van der Waals surface area contributed by atoms with Gasteiger partial charge in [0.15, 0.2) is 0 Å². The molecule has 7 heteroatoms. The molecule has 2 rings (SSSR count). The molecule has 0 radical (unpaired) electrons. The molecular formula is C13H13N3O2S2. The van der Waals surface area contributed by atoms with Crippen molar-refractivity contribution >= 4 is 21.4 Å². The molecule has 20 heavy (non-hydrogen) atoms. The highest BCUT2D eigenvalue weighted by Gasteiger charge is 2.21. The smallest absolute Gasteiger partial charge is 0.243 e. The zero-order valence-electron chi connectivity index (χ0n) is 11.1. The maximum absolute atomic E-state index is 12.4. The first-order chi connectivity index (χ1) is 9.43. The lowest BCUT2D eigenvalue weighted by Gasteiger charge is -2.16. The Bertz CT molecular complexity index is 743. The van der Waals surface area contributed by atoms with Crippen LogP contribution in [0.1, 0.15) is 16.3 Å². The minimum absolute atomic E-state index is 0.172. The maximum atomic E-state index is 12.4. The number of sulfonamides is 1. The van der Waals surface area contributed by atoms with Gasteiger partial charge in [-0.05, 0) is 31.2 Å². The second kappa shape index (κ2) is 5.71. The number of hydrogen-bond donors (Lipinski definition) is 0. The third-order valence-electron chi connectivity index (χ3n) is 2.74. The molecule has 5 nitrogen and oxygen atoms in total. The summed E-state index contributed by atoms with van der Waals surface area (Å²) in [4.78, 5) is 4.43. The van der Waals surface area contributed by atoms with Crippen LogP contribution in [0.4, 0.5) is 0 Å². The first-order valence-corrected chi connectivity index (χ1v) is 8.13. The van der Waals surface area contributed by atoms with Gasteiger partial charge >= 0.3 is 0 Å². The van der Waals surface area contributed by atoms with E-state index in [-0.39, 0.29) is 11.4 Å². The van der Waals surface area contributed by atoms with Crippen molar-refractivity contribution in [2.45, 2.75) is 18.4 Å². The Morgan fingerprint density at radius 3 is 2.50 bits per heavy atom. The summed E-state index contributed by atoms with van der Waals surface area (Å²) in [6, 6.07) is 7.83. The van der Waals surface area contributed by atoms with Gasteiger partial charge in [0.1, 0.15) is 0 Å². The average molecular weight is 307 g/mol. The highest BCUT2D eigenvalue weighted by atomic mass is 32.2. The van der Waals surface area contributed by atoms with E-state index < -0.39 is 10.0 Å². The molecule has 0 amide bonds. The van der Waals surface area contributed by atoms with Crippen LogP contribution in [0, 0.1) is 18.3 Å². The Hall–Kier alpha value is -1.75. The third kappa shape index (κ3) is 3.04. The molecule has 0 unspecified atom stereocenters. The van der Waals surface area contributed by atoms with Crippen molar-refractivity contribution in [1.29, 1.82) is 5.26 Å². The van der Waals surface area contributed by atoms with Gasteiger partial charge in [0.2, 0.25) is 10.0 Å². The molecule has 0 atom stereocenters. The number of nitriles is 1. The van der Waals surface area contributed by atoms with Crippen LogP contribution in [-0.4, -0.2) is 24.8 Å². The average Bonchev–Trinajstić information content (AvgIpc) is 2.84. The van der Waals surface area contributed by atoms with Crippen LogP contribution in [0.3, 0.4) is 0 Å². The first kappa shape index (κ1) is 14.7. The van der Waals surface area contributed by atoms with Gasteiger partial charge in [-0.25, -0.2) is 13.4 Å². The van der Waals surface area contributed by atoms with E-state index in [1.165, 1.54) is 47.0 Å². The summed E-state index contributed by atoms with van der Waals surface area (Å²) in [5.74, 6) is 0. The fourth-order valence-corrected chi connectivity index (χ4v) is 3.42. The second-order valence-corrected chi connectivity index (χ2v) is 7.36. The van der Waals surface area contributed by atoms with E-state index in [0.29, 0.717) is 5.56 Å². The van der Waals surface area contributed by atoms with Gasteiger partial charge in [0.25, 0.3) is 0 Å². The Balaban J connectivity index is 2.22. The molecule has 0 aliphatic rings. The van der Waals surface area contributed by atoms with Gasteiger partial charge in [-0.1, -0.05) is 0 Å². The summed E-state index contributed by atoms with van der Waals surface area (Å²) >= 11 is 1.49. The molecule has 0 fully saturated rings. The molecule has 0 spiro atoms. The minimum Gasteiger partial charge on any atom is -0.245 e. The van der Waals surface area contributed by atoms with Crippen LogP contribution >= 0.6 is 11.3 Å². The normalized spacial score (nSPS) is 11.5. The van der Waals surface area contributed by atoms with Crippen molar-refractivity contribution in [3.8, 4) is 6.07 Å². The van der Waals surface area contributed by atoms with Gasteiger partial charge < -0.3 is 0 Å². The highest BCUT2D eigenvalue weighted by Crippen LogP contribution is 2.18. The van der Waals surface area contributed by atoms with E-state index in [9.17, 15) is 8.42 Å². The Kier molecular flexibility index (Phi) is 4.18. The summed E-state index contributed by atoms with van der Waals surface area (Å²) in [5.41, 5.74) is 1.16. The van der Waals surface area contributed by atoms with E-state index >= 15 is 0 Å². The van der Waals surface area contributed by atoms with Crippen molar-refractivity contribution in [3.05, 3.63) is 45.9 Å². The number of hydrogen-bond acceptors (Lipinski definition) is 5. The number of benzene rings is 1. The lowest BCUT2D eigenvalue weighted by atomic mass is 10.2. The Morgan fingerprint density at radius 2 is 2.00 bits per heavy atom. The largest absolute Gasteiger partial charge is 0.245 e. The molecule has 0 saturated heterocycles. The topological polar surface area (TPSA) is 74.1 Å². The lowest BCUT2D eigenvalue weighted by molar-refractivity contribution is 0.463. The Labute approximate surface area is 122 Å². The molecule has 0 N–H and O–H groups in total. The van der Waals surface area contributed by atoms with Crippen LogP contribution in [0.15, 0.2) is 34.5 Å². The van der Waals surface area contributed by atoms with E-state index in [0.717, 1.165) is 10.7 Å². The van der Waals surface area contributed by atoms with Crippen LogP contribution in [0.2, 0.25) is 0 Å². The molecule has 1 aromatic carbocycles. The number of nitrogens with zero attached hydrogens (tertiary/aromatic N) is 3. The number of aromatic nitrogens is 1. The maximum Gasteiger partial charge on any atom is 0.243 e. The van der Waals surface area contributed by atoms with E-state index in [4.69, 9.17) is 5.26 Å². The molecule has 1 aromatic heterocycles. The van der Waals surface area contributed by atoms with Gasteiger partial charge in [0.05, 0.1) is 33.8 Å². The second-order valence-electron chi connectivity index (χ2n) is 4.26. The number of thiazole rings is 1. The summed E-state index contributed by atoms with van der Waals surface area (Å²) < 4.78 is 26.0. The van der Waals surface area contributed by atoms with Crippen LogP contribution in [-0.2, 0) is 16.6 Å². The standard InChI is InChI=1S/C13H13N3O2S2/c1-10-15-12(9-19-10)8-16(2)20(17,18)13-5-3-11(7-14)4-6-13/h3-6,9H,8H2,1-2H3. The predicted molar refractivity (Wildman–Crippen MR) is 76.7 cm³/mol. The fraction of sp³-hybridized carbons (Fsp3) is 0.231. The molecule has 0 bridgehead atoms. The number of rotatable bonds is 4. The monoisotopic (exact) mass is 307 g/mol. The van der Waals surface area contributed by atoms with Crippen molar-refractivity contribution in [3.63, 3.8) is 0 Å².